The maximum absolute atomic E-state index is 8.95. The van der Waals surface area contributed by atoms with Crippen molar-refractivity contribution in [2.24, 2.45) is 5.92 Å². The fraction of sp³-hybridized carbons (Fsp3) is 1.00. The monoisotopic (exact) mass is 174 g/mol. The topological polar surface area (TPSA) is 55.7 Å². The van der Waals surface area contributed by atoms with Gasteiger partial charge in [0.05, 0.1) is 19.3 Å². The van der Waals surface area contributed by atoms with E-state index in [4.69, 9.17) is 10.2 Å². The average molecular weight is 174 g/mol. The van der Waals surface area contributed by atoms with E-state index in [0.29, 0.717) is 12.0 Å². The third-order valence-corrected chi connectivity index (χ3v) is 2.67. The van der Waals surface area contributed by atoms with Crippen LogP contribution in [0.5, 0.6) is 0 Å². The first kappa shape index (κ1) is 9.92. The van der Waals surface area contributed by atoms with Crippen LogP contribution in [0.15, 0.2) is 0 Å². The number of hydrogen-bond donors (Lipinski definition) is 3. The molecule has 0 aromatic heterocycles. The lowest BCUT2D eigenvalue weighted by atomic mass is 10.1. The van der Waals surface area contributed by atoms with Crippen LogP contribution in [0.4, 0.5) is 0 Å². The highest BCUT2D eigenvalue weighted by molar-refractivity contribution is 4.83. The molecule has 2 atom stereocenters. The van der Waals surface area contributed by atoms with Gasteiger partial charge in [-0.2, -0.15) is 0 Å². The molecule has 1 heterocycles. The number of hydrogen-bond acceptors (Lipinski definition) is 4. The molecule has 4 nitrogen and oxygen atoms in total. The zero-order valence-corrected chi connectivity index (χ0v) is 7.70. The van der Waals surface area contributed by atoms with Gasteiger partial charge in [-0.15, -0.1) is 0 Å². The van der Waals surface area contributed by atoms with E-state index in [-0.39, 0.29) is 19.3 Å². The molecule has 1 aliphatic rings. The lowest BCUT2D eigenvalue weighted by molar-refractivity contribution is 0.0350. The molecule has 72 valence electrons. The van der Waals surface area contributed by atoms with Gasteiger partial charge in [0.15, 0.2) is 0 Å². The lowest BCUT2D eigenvalue weighted by Gasteiger charge is -2.28. The molecular weight excluding hydrogens is 156 g/mol. The summed E-state index contributed by atoms with van der Waals surface area (Å²) < 4.78 is 0. The molecule has 3 N–H and O–H groups in total. The first-order chi connectivity index (χ1) is 5.70. The Hall–Kier alpha value is -0.160. The number of aliphatic hydroxyl groups is 2. The van der Waals surface area contributed by atoms with Crippen LogP contribution in [-0.4, -0.2) is 47.1 Å². The van der Waals surface area contributed by atoms with Crippen molar-refractivity contribution in [2.75, 3.05) is 19.8 Å². The van der Waals surface area contributed by atoms with E-state index >= 15 is 0 Å². The molecule has 0 spiro atoms. The van der Waals surface area contributed by atoms with Gasteiger partial charge in [-0.1, -0.05) is 6.92 Å². The number of nitrogens with one attached hydrogen (secondary N) is 1. The summed E-state index contributed by atoms with van der Waals surface area (Å²) in [7, 11) is 0. The molecular formula is C8H18N2O2. The van der Waals surface area contributed by atoms with E-state index in [1.165, 1.54) is 0 Å². The number of nitrogens with zero attached hydrogens (tertiary/aromatic N) is 1. The van der Waals surface area contributed by atoms with Crippen molar-refractivity contribution in [1.82, 2.24) is 10.4 Å². The Kier molecular flexibility index (Phi) is 3.46. The van der Waals surface area contributed by atoms with Gasteiger partial charge in [-0.05, 0) is 12.8 Å². The second-order valence-electron chi connectivity index (χ2n) is 3.51. The third-order valence-electron chi connectivity index (χ3n) is 2.67. The van der Waals surface area contributed by atoms with Gasteiger partial charge >= 0.3 is 0 Å². The second-order valence-corrected chi connectivity index (χ2v) is 3.51. The summed E-state index contributed by atoms with van der Waals surface area (Å²) in [5.74, 6) is 0.575. The van der Waals surface area contributed by atoms with Crippen LogP contribution in [0.3, 0.4) is 0 Å². The fourth-order valence-electron chi connectivity index (χ4n) is 1.53. The van der Waals surface area contributed by atoms with Crippen LogP contribution < -0.4 is 5.43 Å². The van der Waals surface area contributed by atoms with Gasteiger partial charge in [0.2, 0.25) is 0 Å². The van der Waals surface area contributed by atoms with E-state index in [1.807, 2.05) is 5.01 Å². The fourth-order valence-corrected chi connectivity index (χ4v) is 1.53. The molecule has 12 heavy (non-hydrogen) atoms. The highest BCUT2D eigenvalue weighted by Gasteiger charge is 2.31. The summed E-state index contributed by atoms with van der Waals surface area (Å²) in [6.45, 7) is 5.19. The smallest absolute Gasteiger partial charge is 0.0708 e. The van der Waals surface area contributed by atoms with E-state index in [9.17, 15) is 0 Å². The van der Waals surface area contributed by atoms with Gasteiger partial charge in [-0.25, -0.2) is 5.01 Å². The quantitative estimate of drug-likeness (QED) is 0.523. The lowest BCUT2D eigenvalue weighted by Crippen LogP contribution is -2.48. The SMILES string of the molecule is CC1CNN(C(CO)CO)C1C. The average Bonchev–Trinajstić information content (AvgIpc) is 2.38. The summed E-state index contributed by atoms with van der Waals surface area (Å²) >= 11 is 0. The van der Waals surface area contributed by atoms with Crippen molar-refractivity contribution in [3.8, 4) is 0 Å². The zero-order chi connectivity index (χ0) is 9.14. The van der Waals surface area contributed by atoms with Crippen LogP contribution in [0.2, 0.25) is 0 Å². The van der Waals surface area contributed by atoms with E-state index in [0.717, 1.165) is 6.54 Å². The van der Waals surface area contributed by atoms with E-state index in [2.05, 4.69) is 19.3 Å². The Labute approximate surface area is 73.2 Å². The normalized spacial score (nSPS) is 31.8. The van der Waals surface area contributed by atoms with Gasteiger partial charge in [0, 0.05) is 12.6 Å². The largest absolute Gasteiger partial charge is 0.395 e. The molecule has 1 aliphatic heterocycles. The second kappa shape index (κ2) is 4.18. The van der Waals surface area contributed by atoms with Crippen molar-refractivity contribution < 1.29 is 10.2 Å². The summed E-state index contributed by atoms with van der Waals surface area (Å²) in [5, 5.41) is 19.8. The van der Waals surface area contributed by atoms with Crippen molar-refractivity contribution in [2.45, 2.75) is 25.9 Å². The molecule has 0 saturated carbocycles. The predicted octanol–water partition coefficient (Wildman–Crippen LogP) is -0.816. The molecule has 0 amide bonds. The van der Waals surface area contributed by atoms with Gasteiger partial charge < -0.3 is 10.2 Å². The van der Waals surface area contributed by atoms with Crippen LogP contribution in [0.25, 0.3) is 0 Å². The Balaban J connectivity index is 2.51. The van der Waals surface area contributed by atoms with Crippen molar-refractivity contribution in [3.05, 3.63) is 0 Å². The number of aliphatic hydroxyl groups excluding tert-OH is 2. The molecule has 1 rings (SSSR count). The van der Waals surface area contributed by atoms with Crippen molar-refractivity contribution in [3.63, 3.8) is 0 Å². The molecule has 0 aliphatic carbocycles. The van der Waals surface area contributed by atoms with Crippen molar-refractivity contribution >= 4 is 0 Å². The van der Waals surface area contributed by atoms with Gasteiger partial charge in [0.25, 0.3) is 0 Å². The maximum atomic E-state index is 8.95. The summed E-state index contributed by atoms with van der Waals surface area (Å²) in [6.07, 6.45) is 0. The highest BCUT2D eigenvalue weighted by atomic mass is 16.3. The molecule has 4 heteroatoms. The van der Waals surface area contributed by atoms with E-state index in [1.54, 1.807) is 0 Å². The molecule has 1 saturated heterocycles. The van der Waals surface area contributed by atoms with Crippen molar-refractivity contribution in [1.29, 1.82) is 0 Å². The first-order valence-corrected chi connectivity index (χ1v) is 4.44. The molecule has 0 bridgehead atoms. The number of hydrazine groups is 1. The minimum absolute atomic E-state index is 0.000556. The Morgan fingerprint density at radius 1 is 1.42 bits per heavy atom. The van der Waals surface area contributed by atoms with Crippen LogP contribution in [0.1, 0.15) is 13.8 Å². The molecule has 0 aromatic rings. The summed E-state index contributed by atoms with van der Waals surface area (Å²) in [4.78, 5) is 0. The Bertz CT molecular complexity index is 139. The third kappa shape index (κ3) is 1.77. The van der Waals surface area contributed by atoms with Gasteiger partial charge in [-0.3, -0.25) is 5.43 Å². The first-order valence-electron chi connectivity index (χ1n) is 4.44. The van der Waals surface area contributed by atoms with E-state index < -0.39 is 0 Å². The standard InChI is InChI=1S/C8H18N2O2/c1-6-3-9-10(7(6)2)8(4-11)5-12/h6-9,11-12H,3-5H2,1-2H3. The van der Waals surface area contributed by atoms with Crippen LogP contribution >= 0.6 is 0 Å². The summed E-state index contributed by atoms with van der Waals surface area (Å²) in [6, 6.07) is 0.222. The highest BCUT2D eigenvalue weighted by Crippen LogP contribution is 2.17. The molecule has 0 radical (unpaired) electrons. The van der Waals surface area contributed by atoms with Crippen LogP contribution in [0, 0.1) is 5.92 Å². The van der Waals surface area contributed by atoms with Gasteiger partial charge in [0.1, 0.15) is 0 Å². The Morgan fingerprint density at radius 2 is 2.00 bits per heavy atom. The molecule has 0 aromatic carbocycles. The molecule has 1 fully saturated rings. The maximum Gasteiger partial charge on any atom is 0.0708 e. The minimum Gasteiger partial charge on any atom is -0.395 e. The Morgan fingerprint density at radius 3 is 2.33 bits per heavy atom. The minimum atomic E-state index is -0.162. The predicted molar refractivity (Wildman–Crippen MR) is 46.4 cm³/mol. The number of rotatable bonds is 3. The summed E-state index contributed by atoms with van der Waals surface area (Å²) in [5.41, 5.74) is 3.17. The zero-order valence-electron chi connectivity index (χ0n) is 7.70. The van der Waals surface area contributed by atoms with Crippen LogP contribution in [-0.2, 0) is 0 Å². The molecule has 2 unspecified atom stereocenters.